The molecule has 1 heterocycles. The monoisotopic (exact) mass is 296 g/mol. The molecule has 2 aromatic rings. The standard InChI is InChI=1S/C17H16N2O3/c1-22-14-7-8-16(20)13(9-14)11-18-19-15(10-17(19)21)12-5-3-2-4-6-12/h2-9,11,15,20H,10H2,1H3/b18-11-/t15-/m0/s1. The van der Waals surface area contributed by atoms with Crippen molar-refractivity contribution in [1.82, 2.24) is 5.01 Å². The number of β-lactam (4-membered cyclic amide) rings is 1. The van der Waals surface area contributed by atoms with Gasteiger partial charge in [0.2, 0.25) is 5.91 Å². The second-order valence-electron chi connectivity index (χ2n) is 5.04. The van der Waals surface area contributed by atoms with Crippen LogP contribution >= 0.6 is 0 Å². The first-order valence-electron chi connectivity index (χ1n) is 6.97. The zero-order chi connectivity index (χ0) is 15.5. The molecule has 0 aliphatic carbocycles. The number of hydrogen-bond donors (Lipinski definition) is 1. The number of hydrazone groups is 1. The van der Waals surface area contributed by atoms with Crippen molar-refractivity contribution in [2.24, 2.45) is 5.10 Å². The van der Waals surface area contributed by atoms with Gasteiger partial charge in [0.1, 0.15) is 11.5 Å². The van der Waals surface area contributed by atoms with Crippen molar-refractivity contribution < 1.29 is 14.6 Å². The Morgan fingerprint density at radius 1 is 1.27 bits per heavy atom. The number of phenolic OH excluding ortho intramolecular Hbond substituents is 1. The highest BCUT2D eigenvalue weighted by molar-refractivity contribution is 5.88. The molecular formula is C17H16N2O3. The maximum atomic E-state index is 11.8. The average molecular weight is 296 g/mol. The molecule has 3 rings (SSSR count). The highest BCUT2D eigenvalue weighted by atomic mass is 16.5. The van der Waals surface area contributed by atoms with Crippen LogP contribution in [0.1, 0.15) is 23.6 Å². The fourth-order valence-corrected chi connectivity index (χ4v) is 2.37. The molecule has 0 aromatic heterocycles. The SMILES string of the molecule is COc1ccc(O)c(/C=N\N2C(=O)C[C@H]2c2ccccc2)c1. The molecule has 5 nitrogen and oxygen atoms in total. The summed E-state index contributed by atoms with van der Waals surface area (Å²) in [6, 6.07) is 14.6. The Labute approximate surface area is 128 Å². The van der Waals surface area contributed by atoms with E-state index in [1.54, 1.807) is 19.2 Å². The van der Waals surface area contributed by atoms with E-state index >= 15 is 0 Å². The molecule has 1 saturated heterocycles. The van der Waals surface area contributed by atoms with Gasteiger partial charge in [-0.15, -0.1) is 0 Å². The first-order valence-corrected chi connectivity index (χ1v) is 6.97. The summed E-state index contributed by atoms with van der Waals surface area (Å²) < 4.78 is 5.12. The van der Waals surface area contributed by atoms with Gasteiger partial charge in [-0.25, -0.2) is 5.01 Å². The van der Waals surface area contributed by atoms with Crippen molar-refractivity contribution in [3.05, 3.63) is 59.7 Å². The Kier molecular flexibility index (Phi) is 3.78. The first-order chi connectivity index (χ1) is 10.7. The first kappa shape index (κ1) is 14.1. The number of carbonyl (C=O) groups is 1. The zero-order valence-corrected chi connectivity index (χ0v) is 12.1. The number of phenols is 1. The molecule has 0 bridgehead atoms. The maximum absolute atomic E-state index is 11.8. The van der Waals surface area contributed by atoms with Gasteiger partial charge in [0, 0.05) is 5.56 Å². The third-order valence-corrected chi connectivity index (χ3v) is 3.66. The Morgan fingerprint density at radius 3 is 2.73 bits per heavy atom. The lowest BCUT2D eigenvalue weighted by atomic mass is 9.96. The summed E-state index contributed by atoms with van der Waals surface area (Å²) >= 11 is 0. The van der Waals surface area contributed by atoms with Crippen LogP contribution in [0.5, 0.6) is 11.5 Å². The summed E-state index contributed by atoms with van der Waals surface area (Å²) in [5.74, 6) is 0.676. The second-order valence-corrected chi connectivity index (χ2v) is 5.04. The van der Waals surface area contributed by atoms with Crippen LogP contribution in [0.15, 0.2) is 53.6 Å². The van der Waals surface area contributed by atoms with Crippen LogP contribution in [0.4, 0.5) is 0 Å². The molecule has 1 N–H and O–H groups in total. The van der Waals surface area contributed by atoms with Crippen LogP contribution in [0.3, 0.4) is 0 Å². The number of benzene rings is 2. The lowest BCUT2D eigenvalue weighted by molar-refractivity contribution is -0.146. The molecule has 112 valence electrons. The smallest absolute Gasteiger partial charge is 0.245 e. The van der Waals surface area contributed by atoms with Crippen molar-refractivity contribution >= 4 is 12.1 Å². The molecule has 0 spiro atoms. The third-order valence-electron chi connectivity index (χ3n) is 3.66. The number of nitrogens with zero attached hydrogens (tertiary/aromatic N) is 2. The zero-order valence-electron chi connectivity index (χ0n) is 12.1. The number of ether oxygens (including phenoxy) is 1. The molecule has 0 radical (unpaired) electrons. The van der Waals surface area contributed by atoms with Gasteiger partial charge in [0.05, 0.1) is 25.8 Å². The molecule has 2 aromatic carbocycles. The van der Waals surface area contributed by atoms with Gasteiger partial charge < -0.3 is 9.84 Å². The molecular weight excluding hydrogens is 280 g/mol. The van der Waals surface area contributed by atoms with Crippen LogP contribution in [0.2, 0.25) is 0 Å². The molecule has 1 atom stereocenters. The summed E-state index contributed by atoms with van der Waals surface area (Å²) in [5, 5.41) is 15.5. The quantitative estimate of drug-likeness (QED) is 0.697. The molecule has 1 aliphatic rings. The Balaban J connectivity index is 1.81. The minimum absolute atomic E-state index is 0.0347. The third kappa shape index (κ3) is 2.65. The van der Waals surface area contributed by atoms with E-state index in [1.807, 2.05) is 30.3 Å². The van der Waals surface area contributed by atoms with E-state index in [4.69, 9.17) is 4.74 Å². The minimum atomic E-state index is -0.0438. The number of rotatable bonds is 4. The highest BCUT2D eigenvalue weighted by Gasteiger charge is 2.37. The molecule has 0 saturated carbocycles. The van der Waals surface area contributed by atoms with E-state index < -0.39 is 0 Å². The van der Waals surface area contributed by atoms with Crippen molar-refractivity contribution in [3.8, 4) is 11.5 Å². The number of aromatic hydroxyl groups is 1. The Bertz CT molecular complexity index is 713. The highest BCUT2D eigenvalue weighted by Crippen LogP contribution is 2.34. The van der Waals surface area contributed by atoms with Gasteiger partial charge in [-0.1, -0.05) is 30.3 Å². The van der Waals surface area contributed by atoms with Crippen LogP contribution in [0.25, 0.3) is 0 Å². The Hall–Kier alpha value is -2.82. The van der Waals surface area contributed by atoms with Crippen LogP contribution in [-0.2, 0) is 4.79 Å². The van der Waals surface area contributed by atoms with Crippen LogP contribution in [-0.4, -0.2) is 29.3 Å². The predicted octanol–water partition coefficient (Wildman–Crippen LogP) is 2.71. The van der Waals surface area contributed by atoms with E-state index in [2.05, 4.69) is 5.10 Å². The topological polar surface area (TPSA) is 62.1 Å². The normalized spacial score (nSPS) is 17.6. The largest absolute Gasteiger partial charge is 0.507 e. The Morgan fingerprint density at radius 2 is 2.05 bits per heavy atom. The summed E-state index contributed by atoms with van der Waals surface area (Å²) in [4.78, 5) is 11.8. The summed E-state index contributed by atoms with van der Waals surface area (Å²) in [6.07, 6.45) is 1.93. The van der Waals surface area contributed by atoms with E-state index in [-0.39, 0.29) is 17.7 Å². The average Bonchev–Trinajstić information content (AvgIpc) is 2.55. The van der Waals surface area contributed by atoms with Crippen LogP contribution < -0.4 is 4.74 Å². The van der Waals surface area contributed by atoms with Crippen LogP contribution in [0, 0.1) is 0 Å². The van der Waals surface area contributed by atoms with Gasteiger partial charge in [-0.05, 0) is 23.8 Å². The molecule has 22 heavy (non-hydrogen) atoms. The molecule has 0 unspecified atom stereocenters. The molecule has 5 heteroatoms. The van der Waals surface area contributed by atoms with E-state index in [0.717, 1.165) is 5.56 Å². The lowest BCUT2D eigenvalue weighted by Gasteiger charge is -2.36. The van der Waals surface area contributed by atoms with Crippen molar-refractivity contribution in [2.75, 3.05) is 7.11 Å². The maximum Gasteiger partial charge on any atom is 0.245 e. The van der Waals surface area contributed by atoms with Gasteiger partial charge in [-0.2, -0.15) is 5.10 Å². The summed E-state index contributed by atoms with van der Waals surface area (Å²) in [7, 11) is 1.55. The number of amides is 1. The lowest BCUT2D eigenvalue weighted by Crippen LogP contribution is -2.42. The second kappa shape index (κ2) is 5.89. The predicted molar refractivity (Wildman–Crippen MR) is 82.9 cm³/mol. The van der Waals surface area contributed by atoms with Gasteiger partial charge >= 0.3 is 0 Å². The van der Waals surface area contributed by atoms with E-state index in [9.17, 15) is 9.90 Å². The minimum Gasteiger partial charge on any atom is -0.507 e. The van der Waals surface area contributed by atoms with E-state index in [1.165, 1.54) is 17.3 Å². The number of methoxy groups -OCH3 is 1. The van der Waals surface area contributed by atoms with E-state index in [0.29, 0.717) is 17.7 Å². The van der Waals surface area contributed by atoms with Gasteiger partial charge in [0.25, 0.3) is 0 Å². The van der Waals surface area contributed by atoms with Crippen molar-refractivity contribution in [3.63, 3.8) is 0 Å². The molecule has 1 aliphatic heterocycles. The van der Waals surface area contributed by atoms with Gasteiger partial charge in [-0.3, -0.25) is 4.79 Å². The summed E-state index contributed by atoms with van der Waals surface area (Å²) in [5.41, 5.74) is 1.56. The van der Waals surface area contributed by atoms with Gasteiger partial charge in [0.15, 0.2) is 0 Å². The number of hydrogen-bond acceptors (Lipinski definition) is 4. The summed E-state index contributed by atoms with van der Waals surface area (Å²) in [6.45, 7) is 0. The van der Waals surface area contributed by atoms with Crippen molar-refractivity contribution in [2.45, 2.75) is 12.5 Å². The fourth-order valence-electron chi connectivity index (χ4n) is 2.37. The number of carbonyl (C=O) groups excluding carboxylic acids is 1. The van der Waals surface area contributed by atoms with Crippen molar-refractivity contribution in [1.29, 1.82) is 0 Å². The molecule has 1 amide bonds. The fraction of sp³-hybridized carbons (Fsp3) is 0.176. The molecule has 1 fully saturated rings.